The summed E-state index contributed by atoms with van der Waals surface area (Å²) in [5.74, 6) is 0. The molecule has 0 aliphatic rings. The molecule has 10 aromatic rings. The van der Waals surface area contributed by atoms with Gasteiger partial charge in [0.2, 0.25) is 0 Å². The first kappa shape index (κ1) is 23.7. The summed E-state index contributed by atoms with van der Waals surface area (Å²) >= 11 is 0. The van der Waals surface area contributed by atoms with Gasteiger partial charge in [-0.25, -0.2) is 0 Å². The van der Waals surface area contributed by atoms with Gasteiger partial charge >= 0.3 is 0 Å². The molecular weight excluding hydrogens is 532 g/mol. The first-order valence-corrected chi connectivity index (χ1v) is 15.2. The zero-order valence-electron chi connectivity index (χ0n) is 23.9. The standard InChI is InChI=1S/C42H26N2/c1-2-9-27(10-3-1)28-17-21-31(22-18-28)43-38-15-6-5-12-33(38)36-25-29(19-23-40(36)43)30-20-24-41-37(26-30)35-14-8-13-34-32-11-4-7-16-39(32)44(41)42(34)35/h1-26H. The minimum absolute atomic E-state index is 1.17. The highest BCUT2D eigenvalue weighted by molar-refractivity contribution is 6.23. The molecule has 0 fully saturated rings. The van der Waals surface area contributed by atoms with Crippen LogP contribution in [0.1, 0.15) is 0 Å². The van der Waals surface area contributed by atoms with Gasteiger partial charge in [-0.3, -0.25) is 0 Å². The van der Waals surface area contributed by atoms with Crippen molar-refractivity contribution in [3.05, 3.63) is 158 Å². The van der Waals surface area contributed by atoms with Crippen molar-refractivity contribution in [1.82, 2.24) is 8.97 Å². The highest BCUT2D eigenvalue weighted by atomic mass is 15.0. The van der Waals surface area contributed by atoms with Gasteiger partial charge in [-0.1, -0.05) is 109 Å². The molecule has 0 spiro atoms. The number of hydrogen-bond donors (Lipinski definition) is 0. The Kier molecular flexibility index (Phi) is 4.75. The van der Waals surface area contributed by atoms with Crippen molar-refractivity contribution in [3.8, 4) is 27.9 Å². The number of aromatic nitrogens is 2. The second-order valence-corrected chi connectivity index (χ2v) is 11.8. The zero-order valence-corrected chi connectivity index (χ0v) is 23.9. The van der Waals surface area contributed by atoms with Crippen molar-refractivity contribution in [3.63, 3.8) is 0 Å². The summed E-state index contributed by atoms with van der Waals surface area (Å²) in [6, 6.07) is 57.7. The number of benzene rings is 7. The summed E-state index contributed by atoms with van der Waals surface area (Å²) in [5.41, 5.74) is 12.4. The topological polar surface area (TPSA) is 9.34 Å². The Morgan fingerprint density at radius 3 is 1.52 bits per heavy atom. The number of nitrogens with zero attached hydrogens (tertiary/aromatic N) is 2. The van der Waals surface area contributed by atoms with Gasteiger partial charge in [-0.15, -0.1) is 0 Å². The normalized spacial score (nSPS) is 12.1. The van der Waals surface area contributed by atoms with Gasteiger partial charge < -0.3 is 8.97 Å². The van der Waals surface area contributed by atoms with E-state index in [-0.39, 0.29) is 0 Å². The summed E-state index contributed by atoms with van der Waals surface area (Å²) in [5, 5.41) is 7.79. The van der Waals surface area contributed by atoms with Crippen LogP contribution in [-0.4, -0.2) is 8.97 Å². The molecule has 44 heavy (non-hydrogen) atoms. The lowest BCUT2D eigenvalue weighted by molar-refractivity contribution is 1.18. The van der Waals surface area contributed by atoms with Crippen LogP contribution in [0.5, 0.6) is 0 Å². The lowest BCUT2D eigenvalue weighted by Crippen LogP contribution is -1.93. The Morgan fingerprint density at radius 2 is 0.773 bits per heavy atom. The minimum atomic E-state index is 1.17. The molecule has 0 aliphatic carbocycles. The highest BCUT2D eigenvalue weighted by Crippen LogP contribution is 2.41. The Morgan fingerprint density at radius 1 is 0.295 bits per heavy atom. The van der Waals surface area contributed by atoms with Crippen molar-refractivity contribution < 1.29 is 0 Å². The SMILES string of the molecule is c1ccc(-c2ccc(-n3c4ccccc4c4cc(-c5ccc6c(c5)c5cccc7c8ccccc8n6c75)ccc43)cc2)cc1. The third-order valence-corrected chi connectivity index (χ3v) is 9.46. The van der Waals surface area contributed by atoms with Crippen LogP contribution >= 0.6 is 0 Å². The molecule has 0 saturated heterocycles. The van der Waals surface area contributed by atoms with Crippen LogP contribution in [0.2, 0.25) is 0 Å². The van der Waals surface area contributed by atoms with E-state index < -0.39 is 0 Å². The molecule has 7 aromatic carbocycles. The van der Waals surface area contributed by atoms with E-state index in [0.29, 0.717) is 0 Å². The summed E-state index contributed by atoms with van der Waals surface area (Å²) in [4.78, 5) is 0. The second-order valence-electron chi connectivity index (χ2n) is 11.8. The van der Waals surface area contributed by atoms with Crippen LogP contribution in [-0.2, 0) is 0 Å². The van der Waals surface area contributed by atoms with Crippen molar-refractivity contribution in [2.75, 3.05) is 0 Å². The van der Waals surface area contributed by atoms with E-state index in [0.717, 1.165) is 0 Å². The number of rotatable bonds is 3. The maximum Gasteiger partial charge on any atom is 0.0620 e. The third kappa shape index (κ3) is 3.20. The number of hydrogen-bond acceptors (Lipinski definition) is 0. The van der Waals surface area contributed by atoms with Gasteiger partial charge in [0.25, 0.3) is 0 Å². The second kappa shape index (κ2) is 8.82. The Balaban J connectivity index is 1.15. The predicted molar refractivity (Wildman–Crippen MR) is 186 cm³/mol. The van der Waals surface area contributed by atoms with Crippen LogP contribution in [0.15, 0.2) is 158 Å². The van der Waals surface area contributed by atoms with Crippen LogP contribution in [0.25, 0.3) is 87.8 Å². The molecule has 10 rings (SSSR count). The molecule has 3 aromatic heterocycles. The average molecular weight is 559 g/mol. The summed E-state index contributed by atoms with van der Waals surface area (Å²) in [7, 11) is 0. The molecule has 0 atom stereocenters. The molecule has 0 amide bonds. The Bertz CT molecular complexity index is 2690. The molecular formula is C42H26N2. The first-order chi connectivity index (χ1) is 21.8. The van der Waals surface area contributed by atoms with Crippen molar-refractivity contribution in [2.45, 2.75) is 0 Å². The van der Waals surface area contributed by atoms with E-state index in [1.165, 1.54) is 87.8 Å². The van der Waals surface area contributed by atoms with Crippen molar-refractivity contribution in [1.29, 1.82) is 0 Å². The lowest BCUT2D eigenvalue weighted by Gasteiger charge is -2.10. The fraction of sp³-hybridized carbons (Fsp3) is 0. The van der Waals surface area contributed by atoms with E-state index in [4.69, 9.17) is 0 Å². The maximum atomic E-state index is 2.44. The molecule has 3 heterocycles. The molecule has 0 unspecified atom stereocenters. The third-order valence-electron chi connectivity index (χ3n) is 9.46. The summed E-state index contributed by atoms with van der Waals surface area (Å²) in [6.07, 6.45) is 0. The number of para-hydroxylation sites is 3. The highest BCUT2D eigenvalue weighted by Gasteiger charge is 2.18. The van der Waals surface area contributed by atoms with Gasteiger partial charge in [0, 0.05) is 38.0 Å². The molecule has 0 saturated carbocycles. The maximum absolute atomic E-state index is 2.44. The molecule has 2 nitrogen and oxygen atoms in total. The van der Waals surface area contributed by atoms with E-state index >= 15 is 0 Å². The molecule has 0 radical (unpaired) electrons. The minimum Gasteiger partial charge on any atom is -0.309 e. The van der Waals surface area contributed by atoms with Gasteiger partial charge in [-0.2, -0.15) is 0 Å². The summed E-state index contributed by atoms with van der Waals surface area (Å²) in [6.45, 7) is 0. The smallest absolute Gasteiger partial charge is 0.0620 e. The number of fused-ring (bicyclic) bond motifs is 9. The van der Waals surface area contributed by atoms with Gasteiger partial charge in [0.15, 0.2) is 0 Å². The van der Waals surface area contributed by atoms with Crippen LogP contribution in [0.4, 0.5) is 0 Å². The van der Waals surface area contributed by atoms with Crippen LogP contribution in [0.3, 0.4) is 0 Å². The Labute approximate surface area is 254 Å². The molecule has 0 N–H and O–H groups in total. The fourth-order valence-corrected chi connectivity index (χ4v) is 7.48. The van der Waals surface area contributed by atoms with E-state index in [2.05, 4.69) is 167 Å². The quantitative estimate of drug-likeness (QED) is 0.204. The van der Waals surface area contributed by atoms with E-state index in [1.54, 1.807) is 0 Å². The molecule has 204 valence electrons. The van der Waals surface area contributed by atoms with E-state index in [9.17, 15) is 0 Å². The lowest BCUT2D eigenvalue weighted by atomic mass is 10.00. The van der Waals surface area contributed by atoms with Gasteiger partial charge in [-0.05, 0) is 70.8 Å². The van der Waals surface area contributed by atoms with Gasteiger partial charge in [0.05, 0.1) is 27.6 Å². The Hall–Kier alpha value is -5.86. The molecule has 2 heteroatoms. The molecule has 0 bridgehead atoms. The van der Waals surface area contributed by atoms with Crippen molar-refractivity contribution in [2.24, 2.45) is 0 Å². The van der Waals surface area contributed by atoms with Gasteiger partial charge in [0.1, 0.15) is 0 Å². The zero-order chi connectivity index (χ0) is 28.8. The first-order valence-electron chi connectivity index (χ1n) is 15.2. The fourth-order valence-electron chi connectivity index (χ4n) is 7.48. The van der Waals surface area contributed by atoms with E-state index in [1.807, 2.05) is 0 Å². The predicted octanol–water partition coefficient (Wildman–Crippen LogP) is 11.3. The monoisotopic (exact) mass is 558 g/mol. The largest absolute Gasteiger partial charge is 0.309 e. The van der Waals surface area contributed by atoms with Crippen LogP contribution < -0.4 is 0 Å². The summed E-state index contributed by atoms with van der Waals surface area (Å²) < 4.78 is 4.84. The average Bonchev–Trinajstić information content (AvgIpc) is 3.73. The molecule has 0 aliphatic heterocycles. The van der Waals surface area contributed by atoms with Crippen molar-refractivity contribution >= 4 is 59.9 Å². The van der Waals surface area contributed by atoms with Crippen LogP contribution in [0, 0.1) is 0 Å².